The van der Waals surface area contributed by atoms with Gasteiger partial charge < -0.3 is 10.6 Å². The van der Waals surface area contributed by atoms with Gasteiger partial charge in [0.05, 0.1) is 5.02 Å². The summed E-state index contributed by atoms with van der Waals surface area (Å²) in [5, 5.41) is 0.140. The molecule has 6 nitrogen and oxygen atoms in total. The van der Waals surface area contributed by atoms with Crippen LogP contribution in [-0.2, 0) is 10.0 Å². The van der Waals surface area contributed by atoms with E-state index in [0.717, 1.165) is 19.4 Å². The lowest BCUT2D eigenvalue weighted by molar-refractivity contribution is 0.311. The average Bonchev–Trinajstić information content (AvgIpc) is 2.76. The predicted molar refractivity (Wildman–Crippen MR) is 74.5 cm³/mol. The van der Waals surface area contributed by atoms with Crippen LogP contribution < -0.4 is 10.5 Å². The Hall–Kier alpha value is -0.890. The molecule has 0 spiro atoms. The number of pyridine rings is 1. The zero-order valence-electron chi connectivity index (χ0n) is 10.6. The fourth-order valence-electron chi connectivity index (χ4n) is 2.10. The maximum atomic E-state index is 12.1. The smallest absolute Gasteiger partial charge is 0.242 e. The Kier molecular flexibility index (Phi) is 4.29. The molecule has 0 saturated carbocycles. The third kappa shape index (κ3) is 3.36. The van der Waals surface area contributed by atoms with Crippen molar-refractivity contribution < 1.29 is 8.42 Å². The Morgan fingerprint density at radius 1 is 1.63 bits per heavy atom. The van der Waals surface area contributed by atoms with Crippen LogP contribution >= 0.6 is 11.6 Å². The number of hydrogen-bond donors (Lipinski definition) is 2. The van der Waals surface area contributed by atoms with Crippen molar-refractivity contribution in [2.45, 2.75) is 23.8 Å². The van der Waals surface area contributed by atoms with E-state index in [1.807, 2.05) is 7.05 Å². The molecule has 1 atom stereocenters. The molecule has 8 heteroatoms. The summed E-state index contributed by atoms with van der Waals surface area (Å²) < 4.78 is 26.8. The summed E-state index contributed by atoms with van der Waals surface area (Å²) in [6, 6.07) is 1.55. The maximum Gasteiger partial charge on any atom is 0.242 e. The third-order valence-electron chi connectivity index (χ3n) is 3.34. The number of sulfonamides is 1. The van der Waals surface area contributed by atoms with E-state index in [1.54, 1.807) is 0 Å². The first-order valence-electron chi connectivity index (χ1n) is 6.01. The average molecular weight is 305 g/mol. The van der Waals surface area contributed by atoms with Gasteiger partial charge in [-0.1, -0.05) is 11.6 Å². The van der Waals surface area contributed by atoms with Crippen molar-refractivity contribution >= 4 is 27.4 Å². The molecular weight excluding hydrogens is 288 g/mol. The van der Waals surface area contributed by atoms with Crippen molar-refractivity contribution in [3.63, 3.8) is 0 Å². The highest BCUT2D eigenvalue weighted by Gasteiger charge is 2.23. The number of nitrogens with one attached hydrogen (secondary N) is 1. The molecule has 1 aliphatic rings. The lowest BCUT2D eigenvalue weighted by Gasteiger charge is -2.19. The second-order valence-corrected chi connectivity index (χ2v) is 6.84. The molecule has 2 heterocycles. The Morgan fingerprint density at radius 2 is 2.37 bits per heavy atom. The van der Waals surface area contributed by atoms with Crippen LogP contribution in [0.4, 0.5) is 5.82 Å². The largest absolute Gasteiger partial charge is 0.382 e. The zero-order valence-corrected chi connectivity index (χ0v) is 12.2. The van der Waals surface area contributed by atoms with E-state index in [0.29, 0.717) is 6.54 Å². The van der Waals surface area contributed by atoms with Crippen molar-refractivity contribution in [2.24, 2.45) is 0 Å². The molecule has 0 aromatic carbocycles. The van der Waals surface area contributed by atoms with E-state index >= 15 is 0 Å². The highest BCUT2D eigenvalue weighted by atomic mass is 35.5. The van der Waals surface area contributed by atoms with Gasteiger partial charge in [-0.25, -0.2) is 18.1 Å². The number of rotatable bonds is 4. The highest BCUT2D eigenvalue weighted by molar-refractivity contribution is 7.89. The van der Waals surface area contributed by atoms with Gasteiger partial charge in [0.2, 0.25) is 10.0 Å². The van der Waals surface area contributed by atoms with Gasteiger partial charge in [0.15, 0.2) is 0 Å². The molecule has 1 aromatic rings. The van der Waals surface area contributed by atoms with Crippen LogP contribution in [0.25, 0.3) is 0 Å². The summed E-state index contributed by atoms with van der Waals surface area (Å²) in [6.45, 7) is 1.39. The molecule has 0 radical (unpaired) electrons. The number of nitrogen functional groups attached to an aromatic ring is 1. The molecular formula is C11H17ClN4O2S. The van der Waals surface area contributed by atoms with E-state index in [1.165, 1.54) is 12.3 Å². The first-order valence-corrected chi connectivity index (χ1v) is 7.87. The van der Waals surface area contributed by atoms with Crippen molar-refractivity contribution in [3.05, 3.63) is 17.3 Å². The van der Waals surface area contributed by atoms with Crippen LogP contribution in [0.3, 0.4) is 0 Å². The SMILES string of the molecule is CN1CCCC1CNS(=O)(=O)c1cnc(N)c(Cl)c1. The third-order valence-corrected chi connectivity index (χ3v) is 5.03. The Labute approximate surface area is 118 Å². The lowest BCUT2D eigenvalue weighted by atomic mass is 10.2. The fourth-order valence-corrected chi connectivity index (χ4v) is 3.38. The second kappa shape index (κ2) is 5.62. The molecule has 0 bridgehead atoms. The maximum absolute atomic E-state index is 12.1. The Morgan fingerprint density at radius 3 is 2.95 bits per heavy atom. The molecule has 1 saturated heterocycles. The van der Waals surface area contributed by atoms with Crippen LogP contribution in [0.5, 0.6) is 0 Å². The zero-order chi connectivity index (χ0) is 14.0. The van der Waals surface area contributed by atoms with E-state index in [2.05, 4.69) is 14.6 Å². The molecule has 0 amide bonds. The van der Waals surface area contributed by atoms with Gasteiger partial charge in [-0.15, -0.1) is 0 Å². The van der Waals surface area contributed by atoms with Crippen LogP contribution in [0.15, 0.2) is 17.2 Å². The summed E-state index contributed by atoms with van der Waals surface area (Å²) in [4.78, 5) is 5.94. The normalized spacial score (nSPS) is 20.8. The molecule has 3 N–H and O–H groups in total. The molecule has 19 heavy (non-hydrogen) atoms. The predicted octanol–water partition coefficient (Wildman–Crippen LogP) is 0.690. The summed E-state index contributed by atoms with van der Waals surface area (Å²) >= 11 is 5.78. The van der Waals surface area contributed by atoms with Gasteiger partial charge in [0.1, 0.15) is 10.7 Å². The van der Waals surface area contributed by atoms with Gasteiger partial charge in [-0.2, -0.15) is 0 Å². The summed E-state index contributed by atoms with van der Waals surface area (Å²) in [5.41, 5.74) is 5.46. The van der Waals surface area contributed by atoms with Crippen LogP contribution in [0.2, 0.25) is 5.02 Å². The number of likely N-dealkylation sites (N-methyl/N-ethyl adjacent to an activating group) is 1. The minimum atomic E-state index is -3.59. The first-order chi connectivity index (χ1) is 8.90. The Bertz CT molecular complexity index is 564. The fraction of sp³-hybridized carbons (Fsp3) is 0.545. The number of hydrogen-bond acceptors (Lipinski definition) is 5. The number of nitrogens with zero attached hydrogens (tertiary/aromatic N) is 2. The molecule has 2 rings (SSSR count). The standard InChI is InChI=1S/C11H17ClN4O2S/c1-16-4-2-3-8(16)6-15-19(17,18)9-5-10(12)11(13)14-7-9/h5,7-8,15H,2-4,6H2,1H3,(H2,13,14). The first kappa shape index (κ1) is 14.5. The van der Waals surface area contributed by atoms with E-state index in [-0.39, 0.29) is 21.8 Å². The monoisotopic (exact) mass is 304 g/mol. The van der Waals surface area contributed by atoms with Crippen LogP contribution in [-0.4, -0.2) is 44.5 Å². The molecule has 1 aromatic heterocycles. The van der Waals surface area contributed by atoms with Gasteiger partial charge in [-0.3, -0.25) is 0 Å². The van der Waals surface area contributed by atoms with Gasteiger partial charge in [0, 0.05) is 18.8 Å². The van der Waals surface area contributed by atoms with E-state index in [9.17, 15) is 8.42 Å². The number of aromatic nitrogens is 1. The Balaban J connectivity index is 2.07. The summed E-state index contributed by atoms with van der Waals surface area (Å²) in [5.74, 6) is 0.121. The van der Waals surface area contributed by atoms with Crippen molar-refractivity contribution in [3.8, 4) is 0 Å². The topological polar surface area (TPSA) is 88.3 Å². The summed E-state index contributed by atoms with van der Waals surface area (Å²) in [7, 11) is -1.60. The molecule has 1 aliphatic heterocycles. The molecule has 1 fully saturated rings. The number of nitrogens with two attached hydrogens (primary N) is 1. The van der Waals surface area contributed by atoms with Crippen LogP contribution in [0, 0.1) is 0 Å². The number of anilines is 1. The number of likely N-dealkylation sites (tertiary alicyclic amines) is 1. The van der Waals surface area contributed by atoms with Crippen molar-refractivity contribution in [1.82, 2.24) is 14.6 Å². The van der Waals surface area contributed by atoms with Gasteiger partial charge in [0.25, 0.3) is 0 Å². The molecule has 106 valence electrons. The molecule has 0 aliphatic carbocycles. The van der Waals surface area contributed by atoms with Crippen LogP contribution in [0.1, 0.15) is 12.8 Å². The number of halogens is 1. The minimum absolute atomic E-state index is 0.0346. The van der Waals surface area contributed by atoms with Gasteiger partial charge in [-0.05, 0) is 32.5 Å². The quantitative estimate of drug-likeness (QED) is 0.854. The van der Waals surface area contributed by atoms with E-state index in [4.69, 9.17) is 17.3 Å². The van der Waals surface area contributed by atoms with Crippen molar-refractivity contribution in [1.29, 1.82) is 0 Å². The molecule has 1 unspecified atom stereocenters. The second-order valence-electron chi connectivity index (χ2n) is 4.67. The minimum Gasteiger partial charge on any atom is -0.382 e. The summed E-state index contributed by atoms with van der Waals surface area (Å²) in [6.07, 6.45) is 3.31. The van der Waals surface area contributed by atoms with Crippen molar-refractivity contribution in [2.75, 3.05) is 25.9 Å². The highest BCUT2D eigenvalue weighted by Crippen LogP contribution is 2.20. The van der Waals surface area contributed by atoms with Gasteiger partial charge >= 0.3 is 0 Å². The van der Waals surface area contributed by atoms with E-state index < -0.39 is 10.0 Å². The lowest BCUT2D eigenvalue weighted by Crippen LogP contribution is -2.38.